The fraction of sp³-hybridized carbons (Fsp3) is 0.467. The number of hydrogen-bond donors (Lipinski definition) is 1. The summed E-state index contributed by atoms with van der Waals surface area (Å²) in [5.41, 5.74) is -0.850. The van der Waals surface area contributed by atoms with Crippen molar-refractivity contribution < 1.29 is 19.1 Å². The molecule has 0 bridgehead atoms. The number of fused-ring (bicyclic) bond motifs is 1. The average Bonchev–Trinajstić information content (AvgIpc) is 2.99. The van der Waals surface area contributed by atoms with Crippen LogP contribution in [-0.2, 0) is 4.79 Å². The van der Waals surface area contributed by atoms with Crippen molar-refractivity contribution in [2.24, 2.45) is 11.3 Å². The molecule has 22 heavy (non-hydrogen) atoms. The van der Waals surface area contributed by atoms with Gasteiger partial charge in [0.25, 0.3) is 5.91 Å². The number of hydrogen-bond acceptors (Lipinski definition) is 2. The summed E-state index contributed by atoms with van der Waals surface area (Å²) in [4.78, 5) is 25.7. The second kappa shape index (κ2) is 5.39. The largest absolute Gasteiger partial charge is 0.481 e. The van der Waals surface area contributed by atoms with Gasteiger partial charge >= 0.3 is 5.97 Å². The molecular weight excluding hydrogens is 332 g/mol. The third kappa shape index (κ3) is 2.27. The van der Waals surface area contributed by atoms with Gasteiger partial charge in [-0.05, 0) is 30.9 Å². The third-order valence-electron chi connectivity index (χ3n) is 4.82. The molecule has 118 valence electrons. The molecule has 1 aliphatic heterocycles. The van der Waals surface area contributed by atoms with Crippen LogP contribution in [0, 0.1) is 17.2 Å². The molecule has 1 heterocycles. The van der Waals surface area contributed by atoms with E-state index in [9.17, 15) is 19.1 Å². The molecule has 2 fully saturated rings. The normalized spacial score (nSPS) is 27.0. The van der Waals surface area contributed by atoms with Crippen molar-refractivity contribution in [1.29, 1.82) is 0 Å². The maximum Gasteiger partial charge on any atom is 0.311 e. The topological polar surface area (TPSA) is 57.6 Å². The van der Waals surface area contributed by atoms with Crippen LogP contribution in [0.5, 0.6) is 0 Å². The number of amides is 1. The third-order valence-corrected chi connectivity index (χ3v) is 5.43. The second-order valence-electron chi connectivity index (χ2n) is 5.98. The molecule has 0 aromatic heterocycles. The minimum atomic E-state index is -0.868. The minimum absolute atomic E-state index is 0.0177. The van der Waals surface area contributed by atoms with E-state index in [1.165, 1.54) is 11.0 Å². The minimum Gasteiger partial charge on any atom is -0.481 e. The quantitative estimate of drug-likeness (QED) is 0.835. The Morgan fingerprint density at radius 3 is 2.68 bits per heavy atom. The van der Waals surface area contributed by atoms with E-state index >= 15 is 0 Å². The molecule has 2 aliphatic rings. The van der Waals surface area contributed by atoms with Crippen molar-refractivity contribution in [2.45, 2.75) is 19.3 Å². The molecule has 1 saturated heterocycles. The SMILES string of the molecule is O=C(c1cc(F)c(Cl)cc1Cl)N1C[C@@H]2CCC[C@@]2(C(=O)O)C1. The zero-order chi connectivity index (χ0) is 16.1. The molecule has 0 unspecified atom stereocenters. The first-order chi connectivity index (χ1) is 10.3. The average molecular weight is 346 g/mol. The summed E-state index contributed by atoms with van der Waals surface area (Å²) in [6.07, 6.45) is 2.22. The fourth-order valence-electron chi connectivity index (χ4n) is 3.65. The number of carbonyl (C=O) groups is 2. The van der Waals surface area contributed by atoms with Crippen LogP contribution in [0.1, 0.15) is 29.6 Å². The summed E-state index contributed by atoms with van der Waals surface area (Å²) in [6, 6.07) is 2.20. The van der Waals surface area contributed by atoms with Gasteiger partial charge in [0.1, 0.15) is 5.82 Å². The van der Waals surface area contributed by atoms with Gasteiger partial charge in [0.05, 0.1) is 21.0 Å². The summed E-state index contributed by atoms with van der Waals surface area (Å²) in [6.45, 7) is 0.512. The van der Waals surface area contributed by atoms with Gasteiger partial charge in [-0.1, -0.05) is 29.6 Å². The van der Waals surface area contributed by atoms with Gasteiger partial charge in [0.15, 0.2) is 0 Å². The van der Waals surface area contributed by atoms with E-state index in [4.69, 9.17) is 23.2 Å². The number of likely N-dealkylation sites (tertiary alicyclic amines) is 1. The molecule has 7 heteroatoms. The Morgan fingerprint density at radius 1 is 1.32 bits per heavy atom. The Labute approximate surface area is 136 Å². The smallest absolute Gasteiger partial charge is 0.311 e. The molecule has 4 nitrogen and oxygen atoms in total. The first-order valence-electron chi connectivity index (χ1n) is 7.02. The highest BCUT2D eigenvalue weighted by molar-refractivity contribution is 6.36. The second-order valence-corrected chi connectivity index (χ2v) is 6.80. The van der Waals surface area contributed by atoms with Crippen molar-refractivity contribution in [2.75, 3.05) is 13.1 Å². The highest BCUT2D eigenvalue weighted by atomic mass is 35.5. The van der Waals surface area contributed by atoms with Crippen LogP contribution in [-0.4, -0.2) is 35.0 Å². The molecule has 0 radical (unpaired) electrons. The Kier molecular flexibility index (Phi) is 3.81. The number of rotatable bonds is 2. The van der Waals surface area contributed by atoms with Crippen molar-refractivity contribution >= 4 is 35.1 Å². The zero-order valence-corrected chi connectivity index (χ0v) is 13.1. The van der Waals surface area contributed by atoms with Gasteiger partial charge in [0, 0.05) is 13.1 Å². The van der Waals surface area contributed by atoms with Crippen LogP contribution in [0.15, 0.2) is 12.1 Å². The first kappa shape index (κ1) is 15.6. The van der Waals surface area contributed by atoms with E-state index in [2.05, 4.69) is 0 Å². The van der Waals surface area contributed by atoms with Crippen LogP contribution in [0.4, 0.5) is 4.39 Å². The van der Waals surface area contributed by atoms with Gasteiger partial charge in [-0.3, -0.25) is 9.59 Å². The number of nitrogens with zero attached hydrogens (tertiary/aromatic N) is 1. The molecule has 0 spiro atoms. The monoisotopic (exact) mass is 345 g/mol. The number of carboxylic acids is 1. The maximum absolute atomic E-state index is 13.6. The Hall–Kier alpha value is -1.33. The summed E-state index contributed by atoms with van der Waals surface area (Å²) < 4.78 is 13.6. The zero-order valence-electron chi connectivity index (χ0n) is 11.6. The molecule has 1 aromatic rings. The van der Waals surface area contributed by atoms with Crippen LogP contribution in [0.25, 0.3) is 0 Å². The molecule has 1 aliphatic carbocycles. The van der Waals surface area contributed by atoms with Gasteiger partial charge in [-0.25, -0.2) is 4.39 Å². The first-order valence-corrected chi connectivity index (χ1v) is 7.78. The number of halogens is 3. The lowest BCUT2D eigenvalue weighted by Gasteiger charge is -2.23. The van der Waals surface area contributed by atoms with E-state index in [1.54, 1.807) is 0 Å². The standard InChI is InChI=1S/C15H14Cl2FNO3/c16-10-5-11(17)12(18)4-9(10)13(20)19-6-8-2-1-3-15(8,7-19)14(21)22/h4-5,8H,1-3,6-7H2,(H,21,22)/t8-,15+/m0/s1. The molecule has 3 rings (SSSR count). The lowest BCUT2D eigenvalue weighted by Crippen LogP contribution is -2.37. The van der Waals surface area contributed by atoms with Crippen molar-refractivity contribution in [3.63, 3.8) is 0 Å². The number of benzene rings is 1. The summed E-state index contributed by atoms with van der Waals surface area (Å²) in [7, 11) is 0. The molecule has 1 saturated carbocycles. The fourth-order valence-corrected chi connectivity index (χ4v) is 4.11. The molecule has 2 atom stereocenters. The molecule has 1 aromatic carbocycles. The number of carboxylic acid groups (broad SMARTS) is 1. The Bertz CT molecular complexity index is 666. The van der Waals surface area contributed by atoms with Crippen molar-refractivity contribution in [3.05, 3.63) is 33.6 Å². The predicted molar refractivity (Wildman–Crippen MR) is 79.7 cm³/mol. The summed E-state index contributed by atoms with van der Waals surface area (Å²) >= 11 is 11.6. The van der Waals surface area contributed by atoms with Gasteiger partial charge in [-0.2, -0.15) is 0 Å². The van der Waals surface area contributed by atoms with E-state index in [0.29, 0.717) is 13.0 Å². The number of carbonyl (C=O) groups excluding carboxylic acids is 1. The molecule has 1 amide bonds. The highest BCUT2D eigenvalue weighted by Crippen LogP contribution is 2.49. The molecular formula is C15H14Cl2FNO3. The van der Waals surface area contributed by atoms with Gasteiger partial charge in [-0.15, -0.1) is 0 Å². The molecule has 1 N–H and O–H groups in total. The van der Waals surface area contributed by atoms with E-state index < -0.39 is 23.1 Å². The van der Waals surface area contributed by atoms with Gasteiger partial charge < -0.3 is 10.0 Å². The van der Waals surface area contributed by atoms with Crippen LogP contribution in [0.3, 0.4) is 0 Å². The predicted octanol–water partition coefficient (Wildman–Crippen LogP) is 3.46. The summed E-state index contributed by atoms with van der Waals surface area (Å²) in [5.74, 6) is -2.08. The van der Waals surface area contributed by atoms with Crippen LogP contribution in [0.2, 0.25) is 10.0 Å². The van der Waals surface area contributed by atoms with Gasteiger partial charge in [0.2, 0.25) is 0 Å². The van der Waals surface area contributed by atoms with E-state index in [-0.39, 0.29) is 28.1 Å². The highest BCUT2D eigenvalue weighted by Gasteiger charge is 2.55. The number of aliphatic carboxylic acids is 1. The maximum atomic E-state index is 13.6. The lowest BCUT2D eigenvalue weighted by atomic mass is 9.81. The van der Waals surface area contributed by atoms with Crippen molar-refractivity contribution in [1.82, 2.24) is 4.90 Å². The lowest BCUT2D eigenvalue weighted by molar-refractivity contribution is -0.149. The Morgan fingerprint density at radius 2 is 2.05 bits per heavy atom. The van der Waals surface area contributed by atoms with Crippen LogP contribution >= 0.6 is 23.2 Å². The van der Waals surface area contributed by atoms with E-state index in [0.717, 1.165) is 18.9 Å². The van der Waals surface area contributed by atoms with Crippen molar-refractivity contribution in [3.8, 4) is 0 Å². The van der Waals surface area contributed by atoms with E-state index in [1.807, 2.05) is 0 Å². The summed E-state index contributed by atoms with van der Waals surface area (Å²) in [5, 5.41) is 9.45. The Balaban J connectivity index is 1.89. The van der Waals surface area contributed by atoms with Crippen LogP contribution < -0.4 is 0 Å².